The highest BCUT2D eigenvalue weighted by Crippen LogP contribution is 2.39. The van der Waals surface area contributed by atoms with E-state index in [-0.39, 0.29) is 42.5 Å². The molecule has 14 heteroatoms. The second kappa shape index (κ2) is 13.4. The average Bonchev–Trinajstić information content (AvgIpc) is 3.00. The van der Waals surface area contributed by atoms with E-state index >= 15 is 0 Å². The SMILES string of the molecule is C/C(=C\c1ccc2c(c1)N(S(=O)(=O)c1cccc(C(F)(F)F)c1)CCN2CCN(C)C(C#N)(CO)CO)c1c(F)cccc1Cl. The fraction of sp³-hybridized carbons (Fsp3) is 0.323. The summed E-state index contributed by atoms with van der Waals surface area (Å²) in [5.41, 5.74) is -0.898. The first-order chi connectivity index (χ1) is 21.2. The molecule has 1 aliphatic rings. The van der Waals surface area contributed by atoms with Crippen molar-refractivity contribution >= 4 is 44.6 Å². The molecule has 0 saturated heterocycles. The number of fused-ring (bicyclic) bond motifs is 1. The first-order valence-corrected chi connectivity index (χ1v) is 15.6. The summed E-state index contributed by atoms with van der Waals surface area (Å²) >= 11 is 6.23. The number of aliphatic hydroxyl groups excluding tert-OH is 2. The molecule has 0 unspecified atom stereocenters. The van der Waals surface area contributed by atoms with Gasteiger partial charge in [0, 0.05) is 25.2 Å². The highest BCUT2D eigenvalue weighted by Gasteiger charge is 2.37. The van der Waals surface area contributed by atoms with Crippen LogP contribution in [0, 0.1) is 17.1 Å². The Morgan fingerprint density at radius 2 is 1.76 bits per heavy atom. The fourth-order valence-corrected chi connectivity index (χ4v) is 6.94. The van der Waals surface area contributed by atoms with Crippen molar-refractivity contribution in [1.82, 2.24) is 4.90 Å². The van der Waals surface area contributed by atoms with Crippen molar-refractivity contribution in [3.8, 4) is 6.07 Å². The van der Waals surface area contributed by atoms with Crippen LogP contribution in [0.5, 0.6) is 0 Å². The molecule has 45 heavy (non-hydrogen) atoms. The number of aliphatic hydroxyl groups is 2. The standard InChI is InChI=1S/C31H31ClF4N4O4S/c1-21(29-25(32)7-4-8-26(29)33)15-22-9-10-27-28(16-22)40(45(43,44)24-6-3-5-23(17-24)31(34,35)36)14-13-39(27)12-11-38(2)30(18-37,19-41)20-42/h3-10,15-17,41-42H,11-14,19-20H2,1-2H3/b21-15+. The summed E-state index contributed by atoms with van der Waals surface area (Å²) in [5, 5.41) is 29.2. The number of benzene rings is 3. The Morgan fingerprint density at radius 1 is 1.07 bits per heavy atom. The van der Waals surface area contributed by atoms with Crippen LogP contribution >= 0.6 is 11.6 Å². The van der Waals surface area contributed by atoms with Crippen LogP contribution < -0.4 is 9.21 Å². The van der Waals surface area contributed by atoms with E-state index in [0.717, 1.165) is 22.5 Å². The number of allylic oxidation sites excluding steroid dienone is 1. The van der Waals surface area contributed by atoms with Gasteiger partial charge in [-0.05, 0) is 67.6 Å². The van der Waals surface area contributed by atoms with Gasteiger partial charge >= 0.3 is 6.18 Å². The monoisotopic (exact) mass is 666 g/mol. The molecule has 8 nitrogen and oxygen atoms in total. The minimum Gasteiger partial charge on any atom is -0.393 e. The zero-order chi connectivity index (χ0) is 33.2. The largest absolute Gasteiger partial charge is 0.416 e. The van der Waals surface area contributed by atoms with Gasteiger partial charge in [0.2, 0.25) is 0 Å². The van der Waals surface area contributed by atoms with Crippen molar-refractivity contribution in [2.75, 3.05) is 55.6 Å². The summed E-state index contributed by atoms with van der Waals surface area (Å²) in [6.45, 7) is 0.894. The normalized spacial score (nSPS) is 14.5. The molecule has 4 rings (SSSR count). The molecule has 0 aliphatic carbocycles. The second-order valence-electron chi connectivity index (χ2n) is 10.6. The molecular formula is C31H31ClF4N4O4S. The Morgan fingerprint density at radius 3 is 2.38 bits per heavy atom. The number of nitriles is 1. The number of hydrogen-bond donors (Lipinski definition) is 2. The third kappa shape index (κ3) is 6.95. The number of sulfonamides is 1. The van der Waals surface area contributed by atoms with Gasteiger partial charge in [0.1, 0.15) is 5.82 Å². The van der Waals surface area contributed by atoms with Crippen molar-refractivity contribution < 1.29 is 36.2 Å². The Kier molecular flexibility index (Phi) is 10.2. The van der Waals surface area contributed by atoms with E-state index < -0.39 is 51.2 Å². The zero-order valence-electron chi connectivity index (χ0n) is 24.4. The van der Waals surface area contributed by atoms with Crippen LogP contribution in [0.2, 0.25) is 5.02 Å². The Balaban J connectivity index is 1.78. The summed E-state index contributed by atoms with van der Waals surface area (Å²) in [4.78, 5) is 2.81. The van der Waals surface area contributed by atoms with E-state index in [1.807, 2.05) is 11.0 Å². The van der Waals surface area contributed by atoms with Crippen LogP contribution in [0.15, 0.2) is 65.6 Å². The molecule has 1 heterocycles. The van der Waals surface area contributed by atoms with Gasteiger partial charge in [0.05, 0.1) is 52.7 Å². The van der Waals surface area contributed by atoms with Crippen molar-refractivity contribution in [2.45, 2.75) is 23.5 Å². The maximum absolute atomic E-state index is 14.6. The molecule has 0 fully saturated rings. The lowest BCUT2D eigenvalue weighted by Gasteiger charge is -2.40. The number of anilines is 2. The number of rotatable bonds is 10. The molecule has 0 bridgehead atoms. The predicted octanol–water partition coefficient (Wildman–Crippen LogP) is 5.25. The van der Waals surface area contributed by atoms with Crippen molar-refractivity contribution in [3.05, 3.63) is 88.2 Å². The van der Waals surface area contributed by atoms with E-state index in [9.17, 15) is 41.5 Å². The van der Waals surface area contributed by atoms with Crippen molar-refractivity contribution in [1.29, 1.82) is 5.26 Å². The second-order valence-corrected chi connectivity index (χ2v) is 12.9. The minimum atomic E-state index is -4.75. The number of nitrogens with zero attached hydrogens (tertiary/aromatic N) is 4. The van der Waals surface area contributed by atoms with Crippen LogP contribution in [0.1, 0.15) is 23.6 Å². The summed E-state index contributed by atoms with van der Waals surface area (Å²) in [6, 6.07) is 14.6. The lowest BCUT2D eigenvalue weighted by atomic mass is 10.0. The molecule has 0 aromatic heterocycles. The maximum atomic E-state index is 14.6. The smallest absolute Gasteiger partial charge is 0.393 e. The van der Waals surface area contributed by atoms with Crippen LogP contribution in [-0.4, -0.2) is 75.5 Å². The third-order valence-electron chi connectivity index (χ3n) is 7.84. The van der Waals surface area contributed by atoms with Crippen LogP contribution in [-0.2, 0) is 16.2 Å². The maximum Gasteiger partial charge on any atom is 0.416 e. The lowest BCUT2D eigenvalue weighted by Crippen LogP contribution is -2.54. The summed E-state index contributed by atoms with van der Waals surface area (Å²) < 4.78 is 83.7. The van der Waals surface area contributed by atoms with Gasteiger partial charge < -0.3 is 15.1 Å². The Labute approximate surface area is 264 Å². The van der Waals surface area contributed by atoms with Gasteiger partial charge in [0.15, 0.2) is 5.54 Å². The van der Waals surface area contributed by atoms with Gasteiger partial charge in [-0.3, -0.25) is 9.21 Å². The van der Waals surface area contributed by atoms with Gasteiger partial charge in [-0.1, -0.05) is 35.9 Å². The molecule has 0 saturated carbocycles. The Hall–Kier alpha value is -3.67. The third-order valence-corrected chi connectivity index (χ3v) is 9.96. The molecule has 3 aromatic carbocycles. The van der Waals surface area contributed by atoms with Gasteiger partial charge in [-0.15, -0.1) is 0 Å². The highest BCUT2D eigenvalue weighted by atomic mass is 35.5. The number of hydrogen-bond acceptors (Lipinski definition) is 7. The van der Waals surface area contributed by atoms with Gasteiger partial charge in [-0.25, -0.2) is 12.8 Å². The molecule has 0 atom stereocenters. The van der Waals surface area contributed by atoms with Crippen molar-refractivity contribution in [3.63, 3.8) is 0 Å². The molecule has 2 N–H and O–H groups in total. The minimum absolute atomic E-state index is 0.121. The van der Waals surface area contributed by atoms with Crippen LogP contribution in [0.3, 0.4) is 0 Å². The molecule has 0 spiro atoms. The number of halogens is 5. The van der Waals surface area contributed by atoms with E-state index in [4.69, 9.17) is 11.6 Å². The van der Waals surface area contributed by atoms with E-state index in [2.05, 4.69) is 0 Å². The first-order valence-electron chi connectivity index (χ1n) is 13.7. The summed E-state index contributed by atoms with van der Waals surface area (Å²) in [7, 11) is -2.91. The molecule has 0 amide bonds. The van der Waals surface area contributed by atoms with E-state index in [1.165, 1.54) is 23.1 Å². The molecule has 1 aliphatic heterocycles. The quantitative estimate of drug-likeness (QED) is 0.225. The van der Waals surface area contributed by atoms with E-state index in [0.29, 0.717) is 22.9 Å². The van der Waals surface area contributed by atoms with E-state index in [1.54, 1.807) is 38.2 Å². The Bertz CT molecular complexity index is 1720. The number of alkyl halides is 3. The predicted molar refractivity (Wildman–Crippen MR) is 165 cm³/mol. The molecule has 3 aromatic rings. The molecule has 0 radical (unpaired) electrons. The highest BCUT2D eigenvalue weighted by molar-refractivity contribution is 7.92. The average molecular weight is 667 g/mol. The zero-order valence-corrected chi connectivity index (χ0v) is 26.0. The number of likely N-dealkylation sites (N-methyl/N-ethyl adjacent to an activating group) is 1. The molecular weight excluding hydrogens is 636 g/mol. The first kappa shape index (κ1) is 34.2. The van der Waals surface area contributed by atoms with Gasteiger partial charge in [-0.2, -0.15) is 18.4 Å². The van der Waals surface area contributed by atoms with Crippen molar-refractivity contribution in [2.24, 2.45) is 0 Å². The van der Waals surface area contributed by atoms with Crippen LogP contribution in [0.25, 0.3) is 11.6 Å². The topological polar surface area (TPSA) is 108 Å². The van der Waals surface area contributed by atoms with Gasteiger partial charge in [0.25, 0.3) is 10.0 Å². The van der Waals surface area contributed by atoms with Crippen LogP contribution in [0.4, 0.5) is 28.9 Å². The fourth-order valence-electron chi connectivity index (χ4n) is 5.12. The summed E-state index contributed by atoms with van der Waals surface area (Å²) in [6.07, 6.45) is -3.13. The lowest BCUT2D eigenvalue weighted by molar-refractivity contribution is -0.137. The molecule has 240 valence electrons. The summed E-state index contributed by atoms with van der Waals surface area (Å²) in [5.74, 6) is -0.544.